The number of nitrogens with zero attached hydrogens (tertiary/aromatic N) is 5. The van der Waals surface area contributed by atoms with Crippen LogP contribution in [0.4, 0.5) is 11.6 Å². The molecule has 0 atom stereocenters. The van der Waals surface area contributed by atoms with Crippen molar-refractivity contribution in [3.05, 3.63) is 35.4 Å². The molecular formula is C26H38N6O3. The monoisotopic (exact) mass is 482 g/mol. The van der Waals surface area contributed by atoms with Gasteiger partial charge in [-0.25, -0.2) is 0 Å². The number of aromatic nitrogens is 2. The first-order valence-corrected chi connectivity index (χ1v) is 12.8. The van der Waals surface area contributed by atoms with Crippen LogP contribution in [0.2, 0.25) is 0 Å². The van der Waals surface area contributed by atoms with E-state index in [1.165, 1.54) is 5.56 Å². The van der Waals surface area contributed by atoms with Crippen molar-refractivity contribution < 1.29 is 14.2 Å². The highest BCUT2D eigenvalue weighted by Crippen LogP contribution is 2.27. The summed E-state index contributed by atoms with van der Waals surface area (Å²) in [5.74, 6) is 2.35. The molecule has 0 bridgehead atoms. The molecule has 2 aromatic rings. The third-order valence-electron chi connectivity index (χ3n) is 6.09. The van der Waals surface area contributed by atoms with Gasteiger partial charge in [0.05, 0.1) is 25.5 Å². The summed E-state index contributed by atoms with van der Waals surface area (Å²) in [4.78, 5) is 14.0. The third kappa shape index (κ3) is 7.05. The normalized spacial score (nSPS) is 17.1. The van der Waals surface area contributed by atoms with Crippen LogP contribution >= 0.6 is 0 Å². The average molecular weight is 483 g/mol. The number of aryl methyl sites for hydroxylation is 1. The maximum Gasteiger partial charge on any atom is 0.320 e. The van der Waals surface area contributed by atoms with E-state index < -0.39 is 0 Å². The van der Waals surface area contributed by atoms with Gasteiger partial charge in [0.25, 0.3) is 0 Å². The number of rotatable bonds is 11. The van der Waals surface area contributed by atoms with Crippen LogP contribution in [0.5, 0.6) is 11.8 Å². The molecule has 3 heterocycles. The number of benzene rings is 1. The van der Waals surface area contributed by atoms with E-state index >= 15 is 0 Å². The summed E-state index contributed by atoms with van der Waals surface area (Å²) >= 11 is 0. The van der Waals surface area contributed by atoms with Crippen LogP contribution in [0, 0.1) is 6.92 Å². The largest absolute Gasteiger partial charge is 0.492 e. The third-order valence-corrected chi connectivity index (χ3v) is 6.09. The smallest absolute Gasteiger partial charge is 0.320 e. The molecular weight excluding hydrogens is 444 g/mol. The molecule has 0 aliphatic carbocycles. The maximum atomic E-state index is 6.02. The Morgan fingerprint density at radius 2 is 1.89 bits per heavy atom. The molecule has 0 radical (unpaired) electrons. The van der Waals surface area contributed by atoms with Crippen LogP contribution in [0.3, 0.4) is 0 Å². The van der Waals surface area contributed by atoms with Gasteiger partial charge < -0.3 is 19.1 Å². The topological polar surface area (TPSA) is 84.3 Å². The van der Waals surface area contributed by atoms with Gasteiger partial charge in [-0.05, 0) is 31.9 Å². The summed E-state index contributed by atoms with van der Waals surface area (Å²) in [6.45, 7) is 13.7. The van der Waals surface area contributed by atoms with Crippen LogP contribution in [0.15, 0.2) is 29.4 Å². The predicted octanol–water partition coefficient (Wildman–Crippen LogP) is 3.72. The minimum Gasteiger partial charge on any atom is -0.492 e. The van der Waals surface area contributed by atoms with Gasteiger partial charge in [-0.2, -0.15) is 15.1 Å². The zero-order chi connectivity index (χ0) is 24.5. The number of morpholine rings is 1. The quantitative estimate of drug-likeness (QED) is 0.485. The molecule has 1 fully saturated rings. The molecule has 1 aromatic carbocycles. The molecule has 9 heteroatoms. The Bertz CT molecular complexity index is 987. The van der Waals surface area contributed by atoms with Crippen molar-refractivity contribution in [1.82, 2.24) is 14.9 Å². The maximum absolute atomic E-state index is 6.02. The second-order valence-corrected chi connectivity index (χ2v) is 8.95. The lowest BCUT2D eigenvalue weighted by Gasteiger charge is -2.26. The number of hydrogen-bond donors (Lipinski definition) is 1. The number of fused-ring (bicyclic) bond motifs is 1. The van der Waals surface area contributed by atoms with Crippen molar-refractivity contribution in [2.24, 2.45) is 5.10 Å². The molecule has 1 N–H and O–H groups in total. The summed E-state index contributed by atoms with van der Waals surface area (Å²) in [7, 11) is 0. The molecule has 2 aliphatic rings. The summed E-state index contributed by atoms with van der Waals surface area (Å²) in [6.07, 6.45) is 2.82. The lowest BCUT2D eigenvalue weighted by atomic mass is 10.0. The molecule has 0 saturated carbocycles. The molecule has 1 aromatic heterocycles. The van der Waals surface area contributed by atoms with Crippen molar-refractivity contribution in [2.45, 2.75) is 40.0 Å². The van der Waals surface area contributed by atoms with E-state index in [1.807, 2.05) is 12.1 Å². The number of ether oxygens (including phenoxy) is 3. The highest BCUT2D eigenvalue weighted by atomic mass is 16.5. The summed E-state index contributed by atoms with van der Waals surface area (Å²) < 4.78 is 17.3. The highest BCUT2D eigenvalue weighted by Gasteiger charge is 2.18. The Labute approximate surface area is 208 Å². The van der Waals surface area contributed by atoms with E-state index in [1.54, 1.807) is 0 Å². The average Bonchev–Trinajstić information content (AvgIpc) is 2.88. The molecule has 190 valence electrons. The van der Waals surface area contributed by atoms with Crippen LogP contribution in [-0.2, 0) is 4.74 Å². The lowest BCUT2D eigenvalue weighted by molar-refractivity contribution is 0.0317. The Morgan fingerprint density at radius 1 is 1.09 bits per heavy atom. The number of hydrazone groups is 1. The van der Waals surface area contributed by atoms with Crippen LogP contribution in [-0.4, -0.2) is 79.7 Å². The van der Waals surface area contributed by atoms with Crippen molar-refractivity contribution in [3.63, 3.8) is 0 Å². The van der Waals surface area contributed by atoms with E-state index in [4.69, 9.17) is 24.3 Å². The summed E-state index contributed by atoms with van der Waals surface area (Å²) in [5.41, 5.74) is 6.35. The van der Waals surface area contributed by atoms with Gasteiger partial charge in [0.1, 0.15) is 18.2 Å². The SMILES string of the molecule is CCCN(CCC)c1cc(N/N=C2\CCOc3ccc(C)cc32)nc(OCCN2CCOCC2)n1. The summed E-state index contributed by atoms with van der Waals surface area (Å²) in [5, 5.41) is 4.72. The Hall–Kier alpha value is -2.91. The van der Waals surface area contributed by atoms with Crippen molar-refractivity contribution in [1.29, 1.82) is 0 Å². The van der Waals surface area contributed by atoms with E-state index in [9.17, 15) is 0 Å². The fourth-order valence-electron chi connectivity index (χ4n) is 4.30. The standard InChI is InChI=1S/C26H38N6O3/c1-4-9-32(10-5-2)25-19-24(27-26(28-25)35-17-13-31-11-15-33-16-12-31)30-29-22-8-14-34-23-7-6-20(3)18-21(22)23/h6-7,18-19H,4-5,8-17H2,1-3H3,(H,27,28,30)/b29-22+. The van der Waals surface area contributed by atoms with Crippen LogP contribution in [0.1, 0.15) is 44.2 Å². The van der Waals surface area contributed by atoms with Gasteiger partial charge in [-0.1, -0.05) is 25.5 Å². The second kappa shape index (κ2) is 12.7. The highest BCUT2D eigenvalue weighted by molar-refractivity contribution is 6.04. The van der Waals surface area contributed by atoms with E-state index in [0.717, 1.165) is 88.0 Å². The van der Waals surface area contributed by atoms with Crippen molar-refractivity contribution >= 4 is 17.3 Å². The Balaban J connectivity index is 1.53. The Kier molecular flexibility index (Phi) is 9.14. The van der Waals surface area contributed by atoms with Gasteiger partial charge in [-0.15, -0.1) is 0 Å². The lowest BCUT2D eigenvalue weighted by Crippen LogP contribution is -2.38. The van der Waals surface area contributed by atoms with Gasteiger partial charge >= 0.3 is 6.01 Å². The molecule has 9 nitrogen and oxygen atoms in total. The molecule has 1 saturated heterocycles. The fraction of sp³-hybridized carbons (Fsp3) is 0.577. The molecule has 0 unspecified atom stereocenters. The van der Waals surface area contributed by atoms with Gasteiger partial charge in [0.2, 0.25) is 0 Å². The zero-order valence-electron chi connectivity index (χ0n) is 21.3. The number of hydrogen-bond acceptors (Lipinski definition) is 9. The first-order chi connectivity index (χ1) is 17.2. The van der Waals surface area contributed by atoms with Gasteiger partial charge in [0, 0.05) is 50.8 Å². The number of anilines is 2. The Morgan fingerprint density at radius 3 is 2.66 bits per heavy atom. The van der Waals surface area contributed by atoms with Crippen molar-refractivity contribution in [3.8, 4) is 11.8 Å². The molecule has 0 amide bonds. The van der Waals surface area contributed by atoms with Gasteiger partial charge in [0.15, 0.2) is 5.82 Å². The van der Waals surface area contributed by atoms with Crippen LogP contribution in [0.25, 0.3) is 0 Å². The molecule has 0 spiro atoms. The molecule has 2 aliphatic heterocycles. The number of nitrogens with one attached hydrogen (secondary N) is 1. The molecule has 4 rings (SSSR count). The summed E-state index contributed by atoms with van der Waals surface area (Å²) in [6, 6.07) is 8.52. The minimum absolute atomic E-state index is 0.374. The van der Waals surface area contributed by atoms with Crippen molar-refractivity contribution in [2.75, 3.05) is 69.5 Å². The van der Waals surface area contributed by atoms with E-state index in [2.05, 4.69) is 53.1 Å². The van der Waals surface area contributed by atoms with E-state index in [0.29, 0.717) is 25.0 Å². The van der Waals surface area contributed by atoms with Gasteiger partial charge in [-0.3, -0.25) is 10.3 Å². The minimum atomic E-state index is 0.374. The fourth-order valence-corrected chi connectivity index (χ4v) is 4.30. The predicted molar refractivity (Wildman–Crippen MR) is 139 cm³/mol. The first-order valence-electron chi connectivity index (χ1n) is 12.8. The first kappa shape index (κ1) is 25.2. The van der Waals surface area contributed by atoms with E-state index in [-0.39, 0.29) is 0 Å². The second-order valence-electron chi connectivity index (χ2n) is 8.95. The van der Waals surface area contributed by atoms with Crippen LogP contribution < -0.4 is 19.8 Å². The zero-order valence-corrected chi connectivity index (χ0v) is 21.3. The molecule has 35 heavy (non-hydrogen) atoms.